The van der Waals surface area contributed by atoms with Crippen molar-refractivity contribution in [1.29, 1.82) is 10.5 Å². The van der Waals surface area contributed by atoms with Gasteiger partial charge in [-0.3, -0.25) is 9.36 Å². The molecule has 0 spiro atoms. The zero-order valence-corrected chi connectivity index (χ0v) is 22.3. The third-order valence-electron chi connectivity index (χ3n) is 6.57. The summed E-state index contributed by atoms with van der Waals surface area (Å²) >= 11 is 1.23. The number of hydrogen-bond acceptors (Lipinski definition) is 5. The molecule has 0 aliphatic carbocycles. The Morgan fingerprint density at radius 2 is 1.36 bits per heavy atom. The lowest BCUT2D eigenvalue weighted by atomic mass is 9.81. The SMILES string of the molecule is CC(C)(C)c1ccc(/C=c2/sc3n(c2=O)C(N)=C(C#N)C(c2ccc(C(C)(C)C)cc2)C=3C#N)cc1. The highest BCUT2D eigenvalue weighted by atomic mass is 32.1. The predicted molar refractivity (Wildman–Crippen MR) is 146 cm³/mol. The third-order valence-corrected chi connectivity index (χ3v) is 7.68. The standard InChI is InChI=1S/C30H30N4OS/c1-29(2,3)20-11-7-18(8-12-20)15-24-27(35)34-26(33)22(16-31)25(23(17-32)28(34)36-24)19-9-13-21(14-10-19)30(4,5)6/h7-15,25H,33H2,1-6H3/b24-15+. The Labute approximate surface area is 215 Å². The summed E-state index contributed by atoms with van der Waals surface area (Å²) < 4.78 is 2.25. The molecule has 4 rings (SSSR count). The van der Waals surface area contributed by atoms with E-state index in [4.69, 9.17) is 5.73 Å². The quantitative estimate of drug-likeness (QED) is 0.569. The first kappa shape index (κ1) is 25.2. The topological polar surface area (TPSA) is 95.6 Å². The molecule has 1 atom stereocenters. The molecule has 2 aromatic carbocycles. The molecule has 6 heteroatoms. The van der Waals surface area contributed by atoms with Gasteiger partial charge in [-0.25, -0.2) is 0 Å². The zero-order valence-electron chi connectivity index (χ0n) is 21.5. The van der Waals surface area contributed by atoms with E-state index in [9.17, 15) is 15.3 Å². The predicted octanol–water partition coefficient (Wildman–Crippen LogP) is 4.46. The Bertz CT molecular complexity index is 1620. The van der Waals surface area contributed by atoms with Crippen LogP contribution in [0.5, 0.6) is 0 Å². The van der Waals surface area contributed by atoms with E-state index in [2.05, 4.69) is 65.8 Å². The minimum atomic E-state index is -0.619. The van der Waals surface area contributed by atoms with Crippen LogP contribution >= 0.6 is 11.3 Å². The third kappa shape index (κ3) is 4.41. The Morgan fingerprint density at radius 1 is 0.861 bits per heavy atom. The average Bonchev–Trinajstić information content (AvgIpc) is 3.14. The first-order valence-electron chi connectivity index (χ1n) is 11.9. The molecule has 0 fully saturated rings. The number of nitrogens with zero attached hydrogens (tertiary/aromatic N) is 3. The number of hydrogen-bond donors (Lipinski definition) is 1. The molecule has 36 heavy (non-hydrogen) atoms. The van der Waals surface area contributed by atoms with Gasteiger partial charge < -0.3 is 5.73 Å². The van der Waals surface area contributed by atoms with E-state index in [0.29, 0.717) is 14.8 Å². The van der Waals surface area contributed by atoms with Crippen molar-refractivity contribution in [2.24, 2.45) is 5.73 Å². The van der Waals surface area contributed by atoms with Gasteiger partial charge in [-0.15, -0.1) is 11.3 Å². The van der Waals surface area contributed by atoms with Crippen LogP contribution in [0.2, 0.25) is 0 Å². The molecule has 1 aliphatic heterocycles. The summed E-state index contributed by atoms with van der Waals surface area (Å²) in [6.45, 7) is 12.9. The highest BCUT2D eigenvalue weighted by molar-refractivity contribution is 7.07. The maximum absolute atomic E-state index is 13.4. The fourth-order valence-corrected chi connectivity index (χ4v) is 5.52. The van der Waals surface area contributed by atoms with Gasteiger partial charge in [0.1, 0.15) is 10.5 Å². The molecule has 0 saturated carbocycles. The maximum atomic E-state index is 13.4. The zero-order chi connectivity index (χ0) is 26.4. The van der Waals surface area contributed by atoms with Gasteiger partial charge in [0.2, 0.25) is 0 Å². The van der Waals surface area contributed by atoms with Crippen LogP contribution in [0.1, 0.15) is 69.7 Å². The highest BCUT2D eigenvalue weighted by Gasteiger charge is 2.32. The normalized spacial score (nSPS) is 16.5. The molecule has 182 valence electrons. The first-order chi connectivity index (χ1) is 16.9. The Morgan fingerprint density at radius 3 is 1.83 bits per heavy atom. The summed E-state index contributed by atoms with van der Waals surface area (Å²) in [6, 6.07) is 20.5. The van der Waals surface area contributed by atoms with Crippen molar-refractivity contribution < 1.29 is 0 Å². The number of fused-ring (bicyclic) bond motifs is 1. The van der Waals surface area contributed by atoms with Crippen LogP contribution in [0.4, 0.5) is 0 Å². The van der Waals surface area contributed by atoms with E-state index in [1.807, 2.05) is 42.5 Å². The average molecular weight is 495 g/mol. The molecule has 0 radical (unpaired) electrons. The Balaban J connectivity index is 1.92. The number of thiazole rings is 1. The second-order valence-corrected chi connectivity index (χ2v) is 12.2. The molecule has 2 N–H and O–H groups in total. The van der Waals surface area contributed by atoms with Crippen molar-refractivity contribution in [3.63, 3.8) is 0 Å². The van der Waals surface area contributed by atoms with Gasteiger partial charge in [0.15, 0.2) is 0 Å². The van der Waals surface area contributed by atoms with Crippen LogP contribution in [0.3, 0.4) is 0 Å². The van der Waals surface area contributed by atoms with E-state index >= 15 is 0 Å². The van der Waals surface area contributed by atoms with E-state index in [0.717, 1.165) is 16.7 Å². The summed E-state index contributed by atoms with van der Waals surface area (Å²) in [5.41, 5.74) is 10.7. The molecular formula is C30H30N4OS. The van der Waals surface area contributed by atoms with E-state index in [-0.39, 0.29) is 27.8 Å². The van der Waals surface area contributed by atoms with E-state index in [1.54, 1.807) is 0 Å². The molecular weight excluding hydrogens is 464 g/mol. The number of rotatable bonds is 2. The van der Waals surface area contributed by atoms with Crippen molar-refractivity contribution >= 4 is 28.8 Å². The lowest BCUT2D eigenvalue weighted by Gasteiger charge is -2.24. The summed E-state index contributed by atoms with van der Waals surface area (Å²) in [7, 11) is 0. The molecule has 0 bridgehead atoms. The number of nitriles is 2. The van der Waals surface area contributed by atoms with Crippen LogP contribution < -0.4 is 20.5 Å². The fraction of sp³-hybridized carbons (Fsp3) is 0.300. The second kappa shape index (κ2) is 8.97. The minimum absolute atomic E-state index is 0.0240. The van der Waals surface area contributed by atoms with Crippen LogP contribution in [-0.4, -0.2) is 4.57 Å². The maximum Gasteiger partial charge on any atom is 0.274 e. The van der Waals surface area contributed by atoms with Gasteiger partial charge in [-0.05, 0) is 39.2 Å². The van der Waals surface area contributed by atoms with Gasteiger partial charge in [0, 0.05) is 0 Å². The fourth-order valence-electron chi connectivity index (χ4n) is 4.39. The molecule has 3 aromatic rings. The van der Waals surface area contributed by atoms with E-state index < -0.39 is 5.92 Å². The molecule has 5 nitrogen and oxygen atoms in total. The van der Waals surface area contributed by atoms with Crippen molar-refractivity contribution in [1.82, 2.24) is 4.57 Å². The molecule has 1 aromatic heterocycles. The summed E-state index contributed by atoms with van der Waals surface area (Å²) in [5.74, 6) is -0.536. The van der Waals surface area contributed by atoms with Gasteiger partial charge in [-0.1, -0.05) is 90.1 Å². The Kier molecular flexibility index (Phi) is 6.29. The molecule has 2 heterocycles. The van der Waals surface area contributed by atoms with Crippen molar-refractivity contribution in [3.8, 4) is 12.1 Å². The minimum Gasteiger partial charge on any atom is -0.384 e. The van der Waals surface area contributed by atoms with Gasteiger partial charge in [0.05, 0.1) is 33.7 Å². The van der Waals surface area contributed by atoms with E-state index in [1.165, 1.54) is 21.5 Å². The first-order valence-corrected chi connectivity index (χ1v) is 12.7. The lowest BCUT2D eigenvalue weighted by Crippen LogP contribution is -2.38. The van der Waals surface area contributed by atoms with Crippen molar-refractivity contribution in [2.45, 2.75) is 58.3 Å². The number of aromatic nitrogens is 1. The number of allylic oxidation sites excluding steroid dienone is 1. The van der Waals surface area contributed by atoms with Crippen molar-refractivity contribution in [3.05, 3.63) is 95.9 Å². The van der Waals surface area contributed by atoms with Gasteiger partial charge in [-0.2, -0.15) is 10.5 Å². The molecule has 1 aliphatic rings. The number of nitrogens with two attached hydrogens (primary N) is 1. The van der Waals surface area contributed by atoms with Crippen LogP contribution in [0.15, 0.2) is 58.9 Å². The second-order valence-electron chi connectivity index (χ2n) is 11.2. The lowest BCUT2D eigenvalue weighted by molar-refractivity contribution is 0.590. The largest absolute Gasteiger partial charge is 0.384 e. The van der Waals surface area contributed by atoms with Crippen LogP contribution in [0.25, 0.3) is 17.5 Å². The summed E-state index contributed by atoms with van der Waals surface area (Å²) in [6.07, 6.45) is 1.81. The molecule has 0 saturated heterocycles. The van der Waals surface area contributed by atoms with Gasteiger partial charge >= 0.3 is 0 Å². The van der Waals surface area contributed by atoms with Crippen LogP contribution in [-0.2, 0) is 10.8 Å². The monoisotopic (exact) mass is 494 g/mol. The smallest absolute Gasteiger partial charge is 0.274 e. The molecule has 0 amide bonds. The highest BCUT2D eigenvalue weighted by Crippen LogP contribution is 2.36. The summed E-state index contributed by atoms with van der Waals surface area (Å²) in [4.78, 5) is 13.4. The van der Waals surface area contributed by atoms with Crippen LogP contribution in [0, 0.1) is 22.7 Å². The Hall–Kier alpha value is -3.87. The molecule has 1 unspecified atom stereocenters. The number of benzene rings is 2. The summed E-state index contributed by atoms with van der Waals surface area (Å²) in [5, 5.41) is 20.2. The van der Waals surface area contributed by atoms with Crippen molar-refractivity contribution in [2.75, 3.05) is 0 Å². The van der Waals surface area contributed by atoms with Gasteiger partial charge in [0.25, 0.3) is 5.56 Å².